The summed E-state index contributed by atoms with van der Waals surface area (Å²) < 4.78 is 40.0. The van der Waals surface area contributed by atoms with Gasteiger partial charge in [0, 0.05) is 39.3 Å². The van der Waals surface area contributed by atoms with Crippen LogP contribution in [0.3, 0.4) is 0 Å². The first kappa shape index (κ1) is 22.0. The number of nitrogens with zero attached hydrogens (tertiary/aromatic N) is 3. The normalized spacial score (nSPS) is 20.4. The Morgan fingerprint density at radius 1 is 1.07 bits per heavy atom. The number of amides is 2. The molecule has 0 aromatic heterocycles. The third-order valence-electron chi connectivity index (χ3n) is 5.77. The topological polar surface area (TPSA) is 73.0 Å². The number of likely N-dealkylation sites (tertiary alicyclic amines) is 1. The number of halogens is 1. The van der Waals surface area contributed by atoms with Crippen LogP contribution in [0.2, 0.25) is 0 Å². The second kappa shape index (κ2) is 9.86. The summed E-state index contributed by atoms with van der Waals surface area (Å²) in [7, 11) is -3.69. The van der Waals surface area contributed by atoms with E-state index in [-0.39, 0.29) is 17.5 Å². The van der Waals surface area contributed by atoms with E-state index < -0.39 is 15.8 Å². The molecule has 2 aliphatic rings. The van der Waals surface area contributed by atoms with Gasteiger partial charge in [-0.25, -0.2) is 17.6 Å². The molecule has 0 atom stereocenters. The lowest BCUT2D eigenvalue weighted by atomic mass is 9.99. The van der Waals surface area contributed by atoms with Crippen molar-refractivity contribution in [3.63, 3.8) is 0 Å². The maximum absolute atomic E-state index is 13.1. The third-order valence-corrected chi connectivity index (χ3v) is 7.69. The second-order valence-electron chi connectivity index (χ2n) is 7.95. The van der Waals surface area contributed by atoms with Crippen LogP contribution in [0.5, 0.6) is 0 Å². The number of hydrogen-bond acceptors (Lipinski definition) is 4. The maximum atomic E-state index is 13.1. The summed E-state index contributed by atoms with van der Waals surface area (Å²) in [6.07, 6.45) is 2.98. The van der Waals surface area contributed by atoms with E-state index in [1.165, 1.54) is 29.3 Å². The average Bonchev–Trinajstić information content (AvgIpc) is 2.97. The van der Waals surface area contributed by atoms with Crippen LogP contribution in [0.15, 0.2) is 29.2 Å². The molecule has 0 spiro atoms. The van der Waals surface area contributed by atoms with Gasteiger partial charge >= 0.3 is 6.03 Å². The Morgan fingerprint density at radius 2 is 1.76 bits per heavy atom. The first-order valence-corrected chi connectivity index (χ1v) is 11.8. The number of carbonyl (C=O) groups is 1. The molecule has 1 N–H and O–H groups in total. The van der Waals surface area contributed by atoms with Gasteiger partial charge in [0.25, 0.3) is 0 Å². The molecule has 0 unspecified atom stereocenters. The van der Waals surface area contributed by atoms with E-state index in [4.69, 9.17) is 0 Å². The molecule has 2 heterocycles. The molecule has 2 amide bonds. The molecule has 2 aliphatic heterocycles. The Kier molecular flexibility index (Phi) is 7.48. The van der Waals surface area contributed by atoms with Crippen LogP contribution >= 0.6 is 0 Å². The van der Waals surface area contributed by atoms with Crippen molar-refractivity contribution in [1.29, 1.82) is 0 Å². The van der Waals surface area contributed by atoms with E-state index >= 15 is 0 Å². The SMILES string of the molecule is CC1CCN(CCNC(=O)N2CCCN(S(=O)(=O)c3ccc(F)cc3)CC2)CC1. The molecule has 0 radical (unpaired) electrons. The molecule has 162 valence electrons. The van der Waals surface area contributed by atoms with E-state index in [2.05, 4.69) is 17.1 Å². The molecule has 2 saturated heterocycles. The Morgan fingerprint density at radius 3 is 2.45 bits per heavy atom. The van der Waals surface area contributed by atoms with Crippen LogP contribution in [-0.4, -0.2) is 80.9 Å². The van der Waals surface area contributed by atoms with Crippen molar-refractivity contribution >= 4 is 16.1 Å². The number of nitrogens with one attached hydrogen (secondary N) is 1. The highest BCUT2D eigenvalue weighted by Gasteiger charge is 2.28. The number of hydrogen-bond donors (Lipinski definition) is 1. The fraction of sp³-hybridized carbons (Fsp3) is 0.650. The molecule has 1 aromatic carbocycles. The van der Waals surface area contributed by atoms with Crippen LogP contribution in [-0.2, 0) is 10.0 Å². The number of carbonyl (C=O) groups excluding carboxylic acids is 1. The van der Waals surface area contributed by atoms with Gasteiger partial charge in [0.2, 0.25) is 10.0 Å². The molecular weight excluding hydrogens is 395 g/mol. The highest BCUT2D eigenvalue weighted by atomic mass is 32.2. The van der Waals surface area contributed by atoms with Crippen molar-refractivity contribution in [2.45, 2.75) is 31.1 Å². The summed E-state index contributed by atoms with van der Waals surface area (Å²) >= 11 is 0. The van der Waals surface area contributed by atoms with Crippen molar-refractivity contribution in [3.05, 3.63) is 30.1 Å². The van der Waals surface area contributed by atoms with E-state index in [0.717, 1.165) is 37.7 Å². The zero-order chi connectivity index (χ0) is 20.9. The minimum Gasteiger partial charge on any atom is -0.337 e. The number of rotatable bonds is 5. The first-order chi connectivity index (χ1) is 13.9. The van der Waals surface area contributed by atoms with Gasteiger partial charge in [-0.1, -0.05) is 6.92 Å². The van der Waals surface area contributed by atoms with Crippen molar-refractivity contribution in [3.8, 4) is 0 Å². The smallest absolute Gasteiger partial charge is 0.317 e. The van der Waals surface area contributed by atoms with E-state index in [9.17, 15) is 17.6 Å². The molecule has 0 saturated carbocycles. The largest absolute Gasteiger partial charge is 0.337 e. The summed E-state index contributed by atoms with van der Waals surface area (Å²) in [6.45, 7) is 7.31. The molecule has 2 fully saturated rings. The predicted octanol–water partition coefficient (Wildman–Crippen LogP) is 1.96. The zero-order valence-electron chi connectivity index (χ0n) is 17.0. The van der Waals surface area contributed by atoms with Gasteiger partial charge in [0.05, 0.1) is 4.90 Å². The summed E-state index contributed by atoms with van der Waals surface area (Å²) in [4.78, 5) is 16.6. The highest BCUT2D eigenvalue weighted by molar-refractivity contribution is 7.89. The minimum absolute atomic E-state index is 0.0765. The van der Waals surface area contributed by atoms with Crippen LogP contribution < -0.4 is 5.32 Å². The zero-order valence-corrected chi connectivity index (χ0v) is 17.8. The monoisotopic (exact) mass is 426 g/mol. The average molecular weight is 427 g/mol. The summed E-state index contributed by atoms with van der Waals surface area (Å²) in [5.74, 6) is 0.314. The lowest BCUT2D eigenvalue weighted by molar-refractivity contribution is 0.182. The van der Waals surface area contributed by atoms with Gasteiger partial charge < -0.3 is 15.1 Å². The molecule has 0 bridgehead atoms. The van der Waals surface area contributed by atoms with E-state index in [0.29, 0.717) is 32.6 Å². The van der Waals surface area contributed by atoms with Crippen LogP contribution in [0.1, 0.15) is 26.2 Å². The van der Waals surface area contributed by atoms with Gasteiger partial charge in [-0.15, -0.1) is 0 Å². The lowest BCUT2D eigenvalue weighted by Gasteiger charge is -2.30. The number of urea groups is 1. The second-order valence-corrected chi connectivity index (χ2v) is 9.89. The standard InChI is InChI=1S/C20H31FN4O3S/c1-17-7-12-23(13-8-17)14-9-22-20(26)24-10-2-11-25(16-15-24)29(27,28)19-5-3-18(21)4-6-19/h3-6,17H,2,7-16H2,1H3,(H,22,26). The molecule has 29 heavy (non-hydrogen) atoms. The van der Waals surface area contributed by atoms with Crippen molar-refractivity contribution in [1.82, 2.24) is 19.4 Å². The lowest BCUT2D eigenvalue weighted by Crippen LogP contribution is -2.45. The minimum atomic E-state index is -3.69. The Bertz CT molecular complexity index is 779. The predicted molar refractivity (Wildman–Crippen MR) is 110 cm³/mol. The first-order valence-electron chi connectivity index (χ1n) is 10.4. The van der Waals surface area contributed by atoms with E-state index in [1.54, 1.807) is 4.90 Å². The molecule has 1 aromatic rings. The molecule has 7 nitrogen and oxygen atoms in total. The van der Waals surface area contributed by atoms with Crippen molar-refractivity contribution in [2.24, 2.45) is 5.92 Å². The summed E-state index contributed by atoms with van der Waals surface area (Å²) in [5, 5.41) is 2.97. The highest BCUT2D eigenvalue weighted by Crippen LogP contribution is 2.18. The molecule has 3 rings (SSSR count). The van der Waals surface area contributed by atoms with Crippen LogP contribution in [0, 0.1) is 11.7 Å². The number of sulfonamides is 1. The van der Waals surface area contributed by atoms with Crippen molar-refractivity contribution in [2.75, 3.05) is 52.4 Å². The van der Waals surface area contributed by atoms with Gasteiger partial charge in [0.15, 0.2) is 0 Å². The van der Waals surface area contributed by atoms with Crippen molar-refractivity contribution < 1.29 is 17.6 Å². The van der Waals surface area contributed by atoms with Crippen LogP contribution in [0.25, 0.3) is 0 Å². The van der Waals surface area contributed by atoms with Gasteiger partial charge in [-0.3, -0.25) is 0 Å². The van der Waals surface area contributed by atoms with Gasteiger partial charge in [0.1, 0.15) is 5.82 Å². The Balaban J connectivity index is 1.47. The molecule has 9 heteroatoms. The quantitative estimate of drug-likeness (QED) is 0.781. The number of piperidine rings is 1. The molecular formula is C20H31FN4O3S. The summed E-state index contributed by atoms with van der Waals surface area (Å²) in [5.41, 5.74) is 0. The third kappa shape index (κ3) is 5.90. The van der Waals surface area contributed by atoms with Gasteiger partial charge in [-0.2, -0.15) is 4.31 Å². The molecule has 0 aliphatic carbocycles. The number of benzene rings is 1. The Labute approximate surface area is 172 Å². The van der Waals surface area contributed by atoms with Gasteiger partial charge in [-0.05, 0) is 62.5 Å². The van der Waals surface area contributed by atoms with E-state index in [1.807, 2.05) is 0 Å². The fourth-order valence-electron chi connectivity index (χ4n) is 3.81. The van der Waals surface area contributed by atoms with Crippen LogP contribution in [0.4, 0.5) is 9.18 Å². The Hall–Kier alpha value is -1.71. The summed E-state index contributed by atoms with van der Waals surface area (Å²) in [6, 6.07) is 4.71. The maximum Gasteiger partial charge on any atom is 0.317 e. The fourth-order valence-corrected chi connectivity index (χ4v) is 5.28.